The van der Waals surface area contributed by atoms with Crippen LogP contribution >= 0.6 is 0 Å². The minimum absolute atomic E-state index is 0.296. The summed E-state index contributed by atoms with van der Waals surface area (Å²) >= 11 is 0. The molecule has 0 aliphatic carbocycles. The predicted octanol–water partition coefficient (Wildman–Crippen LogP) is 1.21. The number of hydrogen-bond acceptors (Lipinski definition) is 2. The first-order valence-corrected chi connectivity index (χ1v) is 6.50. The van der Waals surface area contributed by atoms with E-state index in [0.29, 0.717) is 18.2 Å². The van der Waals surface area contributed by atoms with E-state index in [1.165, 1.54) is 22.4 Å². The molecule has 0 atom stereocenters. The number of rotatable bonds is 1. The zero-order chi connectivity index (χ0) is 11.4. The van der Waals surface area contributed by atoms with Gasteiger partial charge in [-0.05, 0) is 29.5 Å². The summed E-state index contributed by atoms with van der Waals surface area (Å²) in [7, 11) is 0. The number of nitrogens with zero attached hydrogens (tertiary/aromatic N) is 1. The fourth-order valence-corrected chi connectivity index (χ4v) is 3.27. The third kappa shape index (κ3) is 1.29. The van der Waals surface area contributed by atoms with E-state index >= 15 is 0 Å². The second-order valence-electron chi connectivity index (χ2n) is 5.37. The molecule has 0 spiro atoms. The molecular weight excluding hydrogens is 212 g/mol. The van der Waals surface area contributed by atoms with Crippen LogP contribution in [0, 0.1) is 0 Å². The van der Waals surface area contributed by atoms with E-state index in [0.717, 1.165) is 32.5 Å². The maximum Gasteiger partial charge on any atom is 0.231 e. The summed E-state index contributed by atoms with van der Waals surface area (Å²) in [6, 6.07) is 4.61. The Kier molecular flexibility index (Phi) is 1.89. The van der Waals surface area contributed by atoms with Crippen LogP contribution in [0.5, 0.6) is 0 Å². The molecule has 0 aromatic heterocycles. The van der Waals surface area contributed by atoms with Gasteiger partial charge < -0.3 is 10.2 Å². The van der Waals surface area contributed by atoms with Gasteiger partial charge in [-0.25, -0.2) is 0 Å². The van der Waals surface area contributed by atoms with Crippen LogP contribution < -0.4 is 10.2 Å². The van der Waals surface area contributed by atoms with Crippen molar-refractivity contribution < 1.29 is 4.79 Å². The quantitative estimate of drug-likeness (QED) is 0.783. The van der Waals surface area contributed by atoms with Crippen molar-refractivity contribution in [3.63, 3.8) is 0 Å². The van der Waals surface area contributed by atoms with Crippen molar-refractivity contribution in [1.82, 2.24) is 5.32 Å². The molecule has 4 rings (SSSR count). The summed E-state index contributed by atoms with van der Waals surface area (Å²) < 4.78 is 0. The molecule has 0 radical (unpaired) electrons. The molecule has 88 valence electrons. The summed E-state index contributed by atoms with van der Waals surface area (Å²) in [5, 5.41) is 3.32. The fraction of sp³-hybridized carbons (Fsp3) is 0.500. The number of benzene rings is 1. The van der Waals surface area contributed by atoms with E-state index in [2.05, 4.69) is 17.4 Å². The first-order chi connectivity index (χ1) is 8.33. The standard InChI is InChI=1S/C14H16N2O/c17-13-6-11-5-10(12-7-15-8-12)4-9-2-1-3-16(13)14(9)11/h4-5,12,15H,1-3,6-8H2. The van der Waals surface area contributed by atoms with Crippen LogP contribution in [0.15, 0.2) is 12.1 Å². The topological polar surface area (TPSA) is 32.3 Å². The molecule has 3 aliphatic heterocycles. The van der Waals surface area contributed by atoms with Crippen LogP contribution in [0.4, 0.5) is 5.69 Å². The van der Waals surface area contributed by atoms with Gasteiger partial charge in [0, 0.05) is 25.6 Å². The second-order valence-corrected chi connectivity index (χ2v) is 5.37. The minimum Gasteiger partial charge on any atom is -0.315 e. The fourth-order valence-electron chi connectivity index (χ4n) is 3.27. The van der Waals surface area contributed by atoms with Crippen LogP contribution in [-0.4, -0.2) is 25.5 Å². The van der Waals surface area contributed by atoms with E-state index in [9.17, 15) is 4.79 Å². The summed E-state index contributed by atoms with van der Waals surface area (Å²) in [5.74, 6) is 0.965. The summed E-state index contributed by atoms with van der Waals surface area (Å²) in [6.07, 6.45) is 2.88. The van der Waals surface area contributed by atoms with E-state index in [4.69, 9.17) is 0 Å². The number of amides is 1. The Hall–Kier alpha value is -1.35. The van der Waals surface area contributed by atoms with Gasteiger partial charge in [-0.2, -0.15) is 0 Å². The van der Waals surface area contributed by atoms with Gasteiger partial charge in [0.25, 0.3) is 0 Å². The Bertz CT molecular complexity index is 505. The normalized spacial score (nSPS) is 22.6. The van der Waals surface area contributed by atoms with Crippen LogP contribution in [0.3, 0.4) is 0 Å². The Labute approximate surface area is 101 Å². The highest BCUT2D eigenvalue weighted by Gasteiger charge is 2.33. The molecule has 3 heterocycles. The number of carbonyl (C=O) groups is 1. The molecule has 1 fully saturated rings. The molecule has 1 amide bonds. The molecule has 0 unspecified atom stereocenters. The molecule has 0 saturated carbocycles. The molecule has 1 aromatic rings. The molecule has 0 bridgehead atoms. The van der Waals surface area contributed by atoms with Gasteiger partial charge in [-0.1, -0.05) is 12.1 Å². The van der Waals surface area contributed by atoms with Crippen molar-refractivity contribution in [2.24, 2.45) is 0 Å². The van der Waals surface area contributed by atoms with Crippen molar-refractivity contribution in [2.75, 3.05) is 24.5 Å². The number of carbonyl (C=O) groups excluding carboxylic acids is 1. The summed E-state index contributed by atoms with van der Waals surface area (Å²) in [6.45, 7) is 3.11. The van der Waals surface area contributed by atoms with Gasteiger partial charge in [-0.3, -0.25) is 4.79 Å². The van der Waals surface area contributed by atoms with Gasteiger partial charge in [0.15, 0.2) is 0 Å². The van der Waals surface area contributed by atoms with Crippen molar-refractivity contribution in [3.8, 4) is 0 Å². The predicted molar refractivity (Wildman–Crippen MR) is 66.4 cm³/mol. The average Bonchev–Trinajstić information content (AvgIpc) is 2.55. The Morgan fingerprint density at radius 3 is 2.82 bits per heavy atom. The van der Waals surface area contributed by atoms with E-state index in [1.807, 2.05) is 4.90 Å². The average molecular weight is 228 g/mol. The van der Waals surface area contributed by atoms with Crippen molar-refractivity contribution >= 4 is 11.6 Å². The molecule has 3 nitrogen and oxygen atoms in total. The maximum atomic E-state index is 11.9. The zero-order valence-electron chi connectivity index (χ0n) is 9.83. The first-order valence-electron chi connectivity index (χ1n) is 6.50. The largest absolute Gasteiger partial charge is 0.315 e. The maximum absolute atomic E-state index is 11.9. The van der Waals surface area contributed by atoms with Gasteiger partial charge in [0.1, 0.15) is 0 Å². The smallest absolute Gasteiger partial charge is 0.231 e. The van der Waals surface area contributed by atoms with Crippen molar-refractivity contribution in [1.29, 1.82) is 0 Å². The third-order valence-corrected chi connectivity index (χ3v) is 4.28. The van der Waals surface area contributed by atoms with Crippen molar-refractivity contribution in [3.05, 3.63) is 28.8 Å². The second kappa shape index (κ2) is 3.33. The van der Waals surface area contributed by atoms with Crippen LogP contribution in [-0.2, 0) is 17.6 Å². The highest BCUT2D eigenvalue weighted by Crippen LogP contribution is 2.39. The molecule has 1 aromatic carbocycles. The number of anilines is 1. The van der Waals surface area contributed by atoms with E-state index in [-0.39, 0.29) is 0 Å². The van der Waals surface area contributed by atoms with Crippen LogP contribution in [0.2, 0.25) is 0 Å². The number of nitrogens with one attached hydrogen (secondary N) is 1. The highest BCUT2D eigenvalue weighted by molar-refractivity contribution is 6.02. The SMILES string of the molecule is O=C1Cc2cc(C3CNC3)cc3c2N1CCC3. The Balaban J connectivity index is 1.85. The monoisotopic (exact) mass is 228 g/mol. The third-order valence-electron chi connectivity index (χ3n) is 4.28. The lowest BCUT2D eigenvalue weighted by atomic mass is 9.88. The molecule has 1 saturated heterocycles. The lowest BCUT2D eigenvalue weighted by molar-refractivity contribution is -0.117. The van der Waals surface area contributed by atoms with Gasteiger partial charge in [0.2, 0.25) is 5.91 Å². The first kappa shape index (κ1) is 9.66. The number of aryl methyl sites for hydroxylation is 1. The Morgan fingerprint density at radius 1 is 1.24 bits per heavy atom. The molecule has 3 heteroatoms. The molecule has 17 heavy (non-hydrogen) atoms. The Morgan fingerprint density at radius 2 is 2.06 bits per heavy atom. The molecule has 1 N–H and O–H groups in total. The minimum atomic E-state index is 0.296. The lowest BCUT2D eigenvalue weighted by Gasteiger charge is -2.30. The van der Waals surface area contributed by atoms with E-state index in [1.54, 1.807) is 0 Å². The summed E-state index contributed by atoms with van der Waals surface area (Å²) in [4.78, 5) is 13.9. The van der Waals surface area contributed by atoms with Gasteiger partial charge >= 0.3 is 0 Å². The van der Waals surface area contributed by atoms with Gasteiger partial charge in [0.05, 0.1) is 12.1 Å². The molecular formula is C14H16N2O. The van der Waals surface area contributed by atoms with Gasteiger partial charge in [-0.15, -0.1) is 0 Å². The number of hydrogen-bond donors (Lipinski definition) is 1. The zero-order valence-corrected chi connectivity index (χ0v) is 9.83. The van der Waals surface area contributed by atoms with E-state index < -0.39 is 0 Å². The highest BCUT2D eigenvalue weighted by atomic mass is 16.2. The van der Waals surface area contributed by atoms with Crippen LogP contribution in [0.1, 0.15) is 29.0 Å². The lowest BCUT2D eigenvalue weighted by Crippen LogP contribution is -2.40. The van der Waals surface area contributed by atoms with Crippen LogP contribution in [0.25, 0.3) is 0 Å². The molecule has 3 aliphatic rings. The summed E-state index contributed by atoms with van der Waals surface area (Å²) in [5.41, 5.74) is 5.36. The van der Waals surface area contributed by atoms with Crippen molar-refractivity contribution in [2.45, 2.75) is 25.2 Å².